The van der Waals surface area contributed by atoms with Gasteiger partial charge in [0.1, 0.15) is 16.9 Å². The van der Waals surface area contributed by atoms with Crippen molar-refractivity contribution in [3.05, 3.63) is 11.4 Å². The summed E-state index contributed by atoms with van der Waals surface area (Å²) in [5.41, 5.74) is 0.587. The molecular weight excluding hydrogens is 210 g/mol. The van der Waals surface area contributed by atoms with E-state index in [0.29, 0.717) is 30.8 Å². The van der Waals surface area contributed by atoms with E-state index in [9.17, 15) is 9.90 Å². The average Bonchev–Trinajstić information content (AvgIpc) is 2.84. The third-order valence-electron chi connectivity index (χ3n) is 3.21. The van der Waals surface area contributed by atoms with Gasteiger partial charge in [-0.05, 0) is 19.8 Å². The molecule has 0 amide bonds. The zero-order chi connectivity index (χ0) is 11.6. The highest BCUT2D eigenvalue weighted by molar-refractivity contribution is 5.79. The summed E-state index contributed by atoms with van der Waals surface area (Å²) in [6.07, 6.45) is 3.25. The number of aliphatic carboxylic acids is 1. The van der Waals surface area contributed by atoms with Crippen LogP contribution >= 0.6 is 0 Å². The molecule has 0 atom stereocenters. The second-order valence-corrected chi connectivity index (χ2v) is 4.24. The molecular formula is C10H15N3O3. The number of nitrogens with one attached hydrogen (secondary N) is 1. The van der Waals surface area contributed by atoms with E-state index in [2.05, 4.69) is 20.3 Å². The minimum Gasteiger partial charge on any atom is -0.480 e. The van der Waals surface area contributed by atoms with Crippen molar-refractivity contribution in [2.75, 3.05) is 0 Å². The van der Waals surface area contributed by atoms with Crippen molar-refractivity contribution < 1.29 is 14.5 Å². The number of hydrogen-bond acceptors (Lipinski definition) is 5. The second kappa shape index (κ2) is 4.21. The van der Waals surface area contributed by atoms with Crippen LogP contribution in [0.15, 0.2) is 4.63 Å². The van der Waals surface area contributed by atoms with E-state index >= 15 is 0 Å². The molecule has 6 nitrogen and oxygen atoms in total. The summed E-state index contributed by atoms with van der Waals surface area (Å²) in [5.74, 6) is -0.779. The molecule has 0 saturated heterocycles. The number of carbonyl (C=O) groups is 1. The van der Waals surface area contributed by atoms with Crippen LogP contribution in [0, 0.1) is 6.92 Å². The Labute approximate surface area is 93.0 Å². The highest BCUT2D eigenvalue weighted by Gasteiger charge is 2.40. The molecule has 1 aromatic rings. The monoisotopic (exact) mass is 225 g/mol. The normalized spacial score (nSPS) is 18.8. The maximum atomic E-state index is 11.2. The smallest absolute Gasteiger partial charge is 0.323 e. The Morgan fingerprint density at radius 3 is 2.69 bits per heavy atom. The highest BCUT2D eigenvalue weighted by atomic mass is 16.6. The Bertz CT molecular complexity index is 382. The third kappa shape index (κ3) is 1.92. The molecule has 1 saturated carbocycles. The van der Waals surface area contributed by atoms with E-state index in [1.807, 2.05) is 0 Å². The van der Waals surface area contributed by atoms with Gasteiger partial charge in [0.05, 0.1) is 0 Å². The molecule has 2 N–H and O–H groups in total. The van der Waals surface area contributed by atoms with Gasteiger partial charge in [0, 0.05) is 6.54 Å². The molecule has 1 aliphatic carbocycles. The van der Waals surface area contributed by atoms with Crippen LogP contribution in [0.3, 0.4) is 0 Å². The Morgan fingerprint density at radius 2 is 2.19 bits per heavy atom. The SMILES string of the molecule is Cc1nonc1CNC1(C(=O)O)CCCC1. The Hall–Kier alpha value is -1.43. The maximum Gasteiger partial charge on any atom is 0.323 e. The summed E-state index contributed by atoms with van der Waals surface area (Å²) in [7, 11) is 0. The molecule has 2 rings (SSSR count). The van der Waals surface area contributed by atoms with Crippen LogP contribution < -0.4 is 5.32 Å². The standard InChI is InChI=1S/C10H15N3O3/c1-7-8(13-16-12-7)6-11-10(9(14)15)4-2-3-5-10/h11H,2-6H2,1H3,(H,14,15). The number of carboxylic acids is 1. The van der Waals surface area contributed by atoms with Crippen molar-refractivity contribution in [2.45, 2.75) is 44.7 Å². The van der Waals surface area contributed by atoms with Crippen LogP contribution in [0.2, 0.25) is 0 Å². The zero-order valence-electron chi connectivity index (χ0n) is 9.19. The van der Waals surface area contributed by atoms with Crippen molar-refractivity contribution >= 4 is 5.97 Å². The molecule has 0 aliphatic heterocycles. The number of rotatable bonds is 4. The first-order valence-corrected chi connectivity index (χ1v) is 5.40. The van der Waals surface area contributed by atoms with Gasteiger partial charge in [-0.3, -0.25) is 10.1 Å². The largest absolute Gasteiger partial charge is 0.480 e. The number of aromatic nitrogens is 2. The van der Waals surface area contributed by atoms with Gasteiger partial charge < -0.3 is 5.11 Å². The summed E-state index contributed by atoms with van der Waals surface area (Å²) >= 11 is 0. The first-order chi connectivity index (χ1) is 7.64. The Morgan fingerprint density at radius 1 is 1.50 bits per heavy atom. The van der Waals surface area contributed by atoms with Gasteiger partial charge in [0.25, 0.3) is 0 Å². The van der Waals surface area contributed by atoms with E-state index in [4.69, 9.17) is 0 Å². The number of aryl methyl sites for hydroxylation is 1. The number of nitrogens with zero attached hydrogens (tertiary/aromatic N) is 2. The summed E-state index contributed by atoms with van der Waals surface area (Å²) in [4.78, 5) is 11.2. The van der Waals surface area contributed by atoms with E-state index < -0.39 is 11.5 Å². The molecule has 16 heavy (non-hydrogen) atoms. The van der Waals surface area contributed by atoms with Crippen molar-refractivity contribution in [1.82, 2.24) is 15.6 Å². The van der Waals surface area contributed by atoms with Gasteiger partial charge in [-0.1, -0.05) is 23.2 Å². The minimum atomic E-state index is -0.786. The molecule has 88 valence electrons. The minimum absolute atomic E-state index is 0.391. The van der Waals surface area contributed by atoms with Crippen LogP contribution in [-0.2, 0) is 11.3 Å². The van der Waals surface area contributed by atoms with Crippen LogP contribution in [0.5, 0.6) is 0 Å². The van der Waals surface area contributed by atoms with Gasteiger partial charge in [-0.25, -0.2) is 4.63 Å². The summed E-state index contributed by atoms with van der Waals surface area (Å²) < 4.78 is 4.57. The molecule has 1 aromatic heterocycles. The maximum absolute atomic E-state index is 11.2. The van der Waals surface area contributed by atoms with Crippen molar-refractivity contribution in [3.63, 3.8) is 0 Å². The Balaban J connectivity index is 2.03. The Kier molecular flexibility index (Phi) is 2.91. The molecule has 1 aliphatic rings. The fraction of sp³-hybridized carbons (Fsp3) is 0.700. The average molecular weight is 225 g/mol. The molecule has 0 bridgehead atoms. The van der Waals surface area contributed by atoms with Crippen molar-refractivity contribution in [3.8, 4) is 0 Å². The number of hydrogen-bond donors (Lipinski definition) is 2. The van der Waals surface area contributed by atoms with E-state index in [1.165, 1.54) is 0 Å². The summed E-state index contributed by atoms with van der Waals surface area (Å²) in [5, 5.41) is 19.7. The topological polar surface area (TPSA) is 88.3 Å². The fourth-order valence-electron chi connectivity index (χ4n) is 2.11. The predicted octanol–water partition coefficient (Wildman–Crippen LogP) is 0.865. The second-order valence-electron chi connectivity index (χ2n) is 4.24. The molecule has 1 fully saturated rings. The van der Waals surface area contributed by atoms with E-state index in [0.717, 1.165) is 12.8 Å². The van der Waals surface area contributed by atoms with Crippen LogP contribution in [-0.4, -0.2) is 26.9 Å². The van der Waals surface area contributed by atoms with Gasteiger partial charge >= 0.3 is 5.97 Å². The van der Waals surface area contributed by atoms with Crippen molar-refractivity contribution in [2.24, 2.45) is 0 Å². The molecule has 6 heteroatoms. The van der Waals surface area contributed by atoms with Gasteiger partial charge in [0.15, 0.2) is 0 Å². The summed E-state index contributed by atoms with van der Waals surface area (Å²) in [6.45, 7) is 2.18. The third-order valence-corrected chi connectivity index (χ3v) is 3.21. The molecule has 0 unspecified atom stereocenters. The molecule has 0 aromatic carbocycles. The predicted molar refractivity (Wildman–Crippen MR) is 54.7 cm³/mol. The quantitative estimate of drug-likeness (QED) is 0.790. The van der Waals surface area contributed by atoms with Gasteiger partial charge in [-0.15, -0.1) is 0 Å². The summed E-state index contributed by atoms with van der Waals surface area (Å²) in [6, 6.07) is 0. The lowest BCUT2D eigenvalue weighted by molar-refractivity contribution is -0.144. The molecule has 0 spiro atoms. The van der Waals surface area contributed by atoms with E-state index in [1.54, 1.807) is 6.92 Å². The van der Waals surface area contributed by atoms with E-state index in [-0.39, 0.29) is 0 Å². The lowest BCUT2D eigenvalue weighted by atomic mass is 9.98. The fourth-order valence-corrected chi connectivity index (χ4v) is 2.11. The van der Waals surface area contributed by atoms with Crippen LogP contribution in [0.25, 0.3) is 0 Å². The molecule has 1 heterocycles. The zero-order valence-corrected chi connectivity index (χ0v) is 9.19. The first-order valence-electron chi connectivity index (χ1n) is 5.40. The van der Waals surface area contributed by atoms with Gasteiger partial charge in [0.2, 0.25) is 0 Å². The van der Waals surface area contributed by atoms with Gasteiger partial charge in [-0.2, -0.15) is 0 Å². The van der Waals surface area contributed by atoms with Crippen LogP contribution in [0.1, 0.15) is 37.1 Å². The lowest BCUT2D eigenvalue weighted by Gasteiger charge is -2.24. The first kappa shape index (κ1) is 11.1. The number of carboxylic acid groups (broad SMARTS) is 1. The highest BCUT2D eigenvalue weighted by Crippen LogP contribution is 2.30. The lowest BCUT2D eigenvalue weighted by Crippen LogP contribution is -2.49. The van der Waals surface area contributed by atoms with Crippen molar-refractivity contribution in [1.29, 1.82) is 0 Å². The molecule has 0 radical (unpaired) electrons. The van der Waals surface area contributed by atoms with Crippen LogP contribution in [0.4, 0.5) is 0 Å².